The highest BCUT2D eigenvalue weighted by atomic mass is 32.2. The van der Waals surface area contributed by atoms with Gasteiger partial charge in [-0.1, -0.05) is 11.8 Å². The minimum absolute atomic E-state index is 0.0450. The molecule has 0 aliphatic carbocycles. The Bertz CT molecular complexity index is 1200. The van der Waals surface area contributed by atoms with Crippen molar-refractivity contribution >= 4 is 29.1 Å². The lowest BCUT2D eigenvalue weighted by Gasteiger charge is -2.44. The Morgan fingerprint density at radius 3 is 2.87 bits per heavy atom. The second-order valence-electron chi connectivity index (χ2n) is 7.83. The van der Waals surface area contributed by atoms with Crippen LogP contribution in [0.4, 0.5) is 5.82 Å². The number of likely N-dealkylation sites (N-methyl/N-ethyl adjacent to an activating group) is 1. The summed E-state index contributed by atoms with van der Waals surface area (Å²) >= 11 is 1.54. The summed E-state index contributed by atoms with van der Waals surface area (Å²) in [5, 5.41) is 13.4. The van der Waals surface area contributed by atoms with Crippen LogP contribution in [0.15, 0.2) is 28.2 Å². The van der Waals surface area contributed by atoms with E-state index in [9.17, 15) is 9.59 Å². The van der Waals surface area contributed by atoms with Gasteiger partial charge >= 0.3 is 0 Å². The SMILES string of the molecule is Cc1cc(=O)n2c(n1)SCC2CC(=O)N(C)C1CN(c2ccc3nnc(C)n3n2)C1. The van der Waals surface area contributed by atoms with E-state index in [1.807, 2.05) is 33.0 Å². The zero-order chi connectivity index (χ0) is 21.0. The fourth-order valence-corrected chi connectivity index (χ4v) is 5.10. The number of nitrogens with zero attached hydrogens (tertiary/aromatic N) is 8. The lowest BCUT2D eigenvalue weighted by molar-refractivity contribution is -0.133. The number of anilines is 1. The number of aromatic nitrogens is 6. The van der Waals surface area contributed by atoms with Crippen LogP contribution in [0.2, 0.25) is 0 Å². The number of amides is 1. The third-order valence-corrected chi connectivity index (χ3v) is 6.86. The lowest BCUT2D eigenvalue weighted by atomic mass is 10.1. The van der Waals surface area contributed by atoms with Gasteiger partial charge in [-0.2, -0.15) is 4.52 Å². The van der Waals surface area contributed by atoms with Crippen LogP contribution in [0.5, 0.6) is 0 Å². The van der Waals surface area contributed by atoms with E-state index in [0.717, 1.165) is 30.4 Å². The van der Waals surface area contributed by atoms with Crippen molar-refractivity contribution in [1.29, 1.82) is 0 Å². The first-order valence-corrected chi connectivity index (χ1v) is 10.8. The van der Waals surface area contributed by atoms with E-state index in [-0.39, 0.29) is 23.6 Å². The number of aryl methyl sites for hydroxylation is 2. The van der Waals surface area contributed by atoms with Gasteiger partial charge < -0.3 is 9.80 Å². The maximum atomic E-state index is 12.9. The van der Waals surface area contributed by atoms with Crippen LogP contribution in [-0.2, 0) is 4.79 Å². The summed E-state index contributed by atoms with van der Waals surface area (Å²) in [6, 6.07) is 5.33. The van der Waals surface area contributed by atoms with Crippen LogP contribution >= 0.6 is 11.8 Å². The maximum Gasteiger partial charge on any atom is 0.254 e. The van der Waals surface area contributed by atoms with Crippen molar-refractivity contribution in [2.75, 3.05) is 30.8 Å². The molecule has 11 heteroatoms. The largest absolute Gasteiger partial charge is 0.351 e. The monoisotopic (exact) mass is 426 g/mol. The molecule has 5 rings (SSSR count). The molecule has 5 heterocycles. The Labute approximate surface area is 176 Å². The molecule has 0 N–H and O–H groups in total. The average Bonchev–Trinajstić information content (AvgIpc) is 3.24. The van der Waals surface area contributed by atoms with Gasteiger partial charge in [0.05, 0.1) is 12.1 Å². The van der Waals surface area contributed by atoms with Gasteiger partial charge in [-0.25, -0.2) is 4.98 Å². The Kier molecular flexibility index (Phi) is 4.49. The molecule has 30 heavy (non-hydrogen) atoms. The standard InChI is InChI=1S/C19H22N8O2S/c1-11-6-18(29)26-13(10-30-19(26)20-11)7-17(28)24(3)14-8-25(9-14)16-5-4-15-22-21-12(2)27(15)23-16/h4-6,13-14H,7-10H2,1-3H3. The maximum absolute atomic E-state index is 12.9. The second kappa shape index (κ2) is 7.08. The summed E-state index contributed by atoms with van der Waals surface area (Å²) in [6.45, 7) is 5.12. The van der Waals surface area contributed by atoms with Gasteiger partial charge in [0.15, 0.2) is 16.6 Å². The van der Waals surface area contributed by atoms with E-state index >= 15 is 0 Å². The fourth-order valence-electron chi connectivity index (χ4n) is 3.90. The molecule has 0 aromatic carbocycles. The topological polar surface area (TPSA) is 102 Å². The summed E-state index contributed by atoms with van der Waals surface area (Å²) in [5.41, 5.74) is 1.35. The molecule has 0 saturated carbocycles. The first-order valence-electron chi connectivity index (χ1n) is 9.83. The molecule has 3 aromatic heterocycles. The molecule has 1 unspecified atom stereocenters. The Hall–Kier alpha value is -2.95. The number of fused-ring (bicyclic) bond motifs is 2. The molecule has 0 radical (unpaired) electrons. The quantitative estimate of drug-likeness (QED) is 0.562. The Morgan fingerprint density at radius 1 is 1.27 bits per heavy atom. The highest BCUT2D eigenvalue weighted by Crippen LogP contribution is 2.32. The predicted molar refractivity (Wildman–Crippen MR) is 112 cm³/mol. The second-order valence-corrected chi connectivity index (χ2v) is 8.82. The van der Waals surface area contributed by atoms with Crippen molar-refractivity contribution in [3.63, 3.8) is 0 Å². The van der Waals surface area contributed by atoms with Gasteiger partial charge in [0, 0.05) is 44.1 Å². The Balaban J connectivity index is 1.23. The molecule has 1 fully saturated rings. The van der Waals surface area contributed by atoms with E-state index in [1.54, 1.807) is 14.0 Å². The zero-order valence-electron chi connectivity index (χ0n) is 17.0. The zero-order valence-corrected chi connectivity index (χ0v) is 17.8. The van der Waals surface area contributed by atoms with E-state index in [0.29, 0.717) is 23.0 Å². The van der Waals surface area contributed by atoms with Crippen LogP contribution in [-0.4, -0.2) is 72.1 Å². The van der Waals surface area contributed by atoms with E-state index in [1.165, 1.54) is 17.8 Å². The molecule has 2 aliphatic heterocycles. The van der Waals surface area contributed by atoms with Crippen molar-refractivity contribution in [3.05, 3.63) is 40.1 Å². The first kappa shape index (κ1) is 19.0. The molecule has 10 nitrogen and oxygen atoms in total. The van der Waals surface area contributed by atoms with Gasteiger partial charge in [-0.15, -0.1) is 15.3 Å². The molecule has 0 spiro atoms. The number of hydrogen-bond donors (Lipinski definition) is 0. The smallest absolute Gasteiger partial charge is 0.254 e. The normalized spacial score (nSPS) is 18.5. The van der Waals surface area contributed by atoms with E-state index < -0.39 is 0 Å². The molecule has 1 amide bonds. The van der Waals surface area contributed by atoms with E-state index in [4.69, 9.17) is 0 Å². The molecular formula is C19H22N8O2S. The highest BCUT2D eigenvalue weighted by molar-refractivity contribution is 7.99. The lowest BCUT2D eigenvalue weighted by Crippen LogP contribution is -2.60. The minimum atomic E-state index is -0.141. The van der Waals surface area contributed by atoms with Crippen LogP contribution in [0.25, 0.3) is 5.65 Å². The van der Waals surface area contributed by atoms with Gasteiger partial charge in [0.25, 0.3) is 5.56 Å². The first-order chi connectivity index (χ1) is 14.4. The predicted octanol–water partition coefficient (Wildman–Crippen LogP) is 0.682. The molecular weight excluding hydrogens is 404 g/mol. The molecule has 156 valence electrons. The number of rotatable bonds is 4. The van der Waals surface area contributed by atoms with Crippen molar-refractivity contribution in [3.8, 4) is 0 Å². The van der Waals surface area contributed by atoms with E-state index in [2.05, 4.69) is 25.2 Å². The van der Waals surface area contributed by atoms with Crippen molar-refractivity contribution in [2.45, 2.75) is 37.5 Å². The molecule has 3 aromatic rings. The highest BCUT2D eigenvalue weighted by Gasteiger charge is 2.35. The number of thioether (sulfide) groups is 1. The number of hydrogen-bond acceptors (Lipinski definition) is 8. The van der Waals surface area contributed by atoms with Crippen molar-refractivity contribution in [2.24, 2.45) is 0 Å². The number of carbonyl (C=O) groups is 1. The number of carbonyl (C=O) groups excluding carboxylic acids is 1. The minimum Gasteiger partial charge on any atom is -0.351 e. The van der Waals surface area contributed by atoms with Gasteiger partial charge in [-0.05, 0) is 26.0 Å². The van der Waals surface area contributed by atoms with Gasteiger partial charge in [-0.3, -0.25) is 14.2 Å². The summed E-state index contributed by atoms with van der Waals surface area (Å²) in [4.78, 5) is 33.6. The molecule has 1 atom stereocenters. The summed E-state index contributed by atoms with van der Waals surface area (Å²) in [5.74, 6) is 2.33. The van der Waals surface area contributed by atoms with Crippen molar-refractivity contribution in [1.82, 2.24) is 34.3 Å². The third-order valence-electron chi connectivity index (χ3n) is 5.76. The molecule has 0 bridgehead atoms. The average molecular weight is 427 g/mol. The fraction of sp³-hybridized carbons (Fsp3) is 0.474. The van der Waals surface area contributed by atoms with Crippen LogP contribution < -0.4 is 10.5 Å². The van der Waals surface area contributed by atoms with Crippen molar-refractivity contribution < 1.29 is 4.79 Å². The van der Waals surface area contributed by atoms with Gasteiger partial charge in [0.2, 0.25) is 5.91 Å². The van der Waals surface area contributed by atoms with Crippen LogP contribution in [0, 0.1) is 13.8 Å². The summed E-state index contributed by atoms with van der Waals surface area (Å²) in [6.07, 6.45) is 0.307. The third kappa shape index (κ3) is 3.13. The summed E-state index contributed by atoms with van der Waals surface area (Å²) in [7, 11) is 1.84. The molecule has 1 saturated heterocycles. The van der Waals surface area contributed by atoms with Crippen LogP contribution in [0.1, 0.15) is 24.0 Å². The van der Waals surface area contributed by atoms with Gasteiger partial charge in [0.1, 0.15) is 5.82 Å². The molecule has 2 aliphatic rings. The Morgan fingerprint density at radius 2 is 2.07 bits per heavy atom. The summed E-state index contributed by atoms with van der Waals surface area (Å²) < 4.78 is 3.39. The van der Waals surface area contributed by atoms with Crippen LogP contribution in [0.3, 0.4) is 0 Å².